The molecule has 19 nitrogen and oxygen atoms in total. The summed E-state index contributed by atoms with van der Waals surface area (Å²) in [6, 6.07) is 5.59. The second-order valence-corrected chi connectivity index (χ2v) is 18.8. The third kappa shape index (κ3) is 16.1. The molecule has 372 valence electrons. The van der Waals surface area contributed by atoms with E-state index in [1.54, 1.807) is 70.2 Å². The second-order valence-electron chi connectivity index (χ2n) is 18.8. The van der Waals surface area contributed by atoms with Crippen molar-refractivity contribution >= 4 is 53.2 Å². The molecule has 2 fully saturated rings. The highest BCUT2D eigenvalue weighted by atomic mass is 16.5. The molecule has 9 atom stereocenters. The number of ether oxygens (including phenoxy) is 1. The number of nitrogens with zero attached hydrogens (tertiary/aromatic N) is 1. The Labute approximate surface area is 398 Å². The quantitative estimate of drug-likeness (QED) is 0.111. The van der Waals surface area contributed by atoms with Crippen LogP contribution >= 0.6 is 0 Å². The van der Waals surface area contributed by atoms with Crippen LogP contribution in [0.2, 0.25) is 0 Å². The first-order valence-electron chi connectivity index (χ1n) is 23.6. The first-order chi connectivity index (χ1) is 32.2. The van der Waals surface area contributed by atoms with E-state index >= 15 is 0 Å². The molecule has 2 aromatic rings. The number of phenols is 1. The van der Waals surface area contributed by atoms with Gasteiger partial charge in [0.15, 0.2) is 0 Å². The molecule has 8 amide bonds. The average Bonchev–Trinajstić information content (AvgIpc) is 3.78. The number of benzene rings is 2. The molecule has 2 aliphatic rings. The molecule has 4 rings (SSSR count). The lowest BCUT2D eigenvalue weighted by Gasteiger charge is -2.32. The number of fused-ring (bicyclic) bond motifs is 1. The summed E-state index contributed by atoms with van der Waals surface area (Å²) in [5, 5.41) is 26.3. The van der Waals surface area contributed by atoms with Crippen LogP contribution < -0.4 is 37.6 Å². The molecule has 2 heterocycles. The van der Waals surface area contributed by atoms with Crippen molar-refractivity contribution in [3.8, 4) is 5.75 Å². The fraction of sp³-hybridized carbons (Fsp3) is 0.571. The fourth-order valence-electron chi connectivity index (χ4n) is 8.21. The van der Waals surface area contributed by atoms with E-state index in [1.807, 2.05) is 13.8 Å². The van der Waals surface area contributed by atoms with Gasteiger partial charge in [0.1, 0.15) is 54.1 Å². The lowest BCUT2D eigenvalue weighted by Crippen LogP contribution is -2.61. The lowest BCUT2D eigenvalue weighted by molar-refractivity contribution is -0.157. The predicted molar refractivity (Wildman–Crippen MR) is 251 cm³/mol. The van der Waals surface area contributed by atoms with Gasteiger partial charge in [0, 0.05) is 32.2 Å². The Hall–Kier alpha value is -6.53. The highest BCUT2D eigenvalue weighted by molar-refractivity contribution is 5.98. The molecule has 2 aromatic carbocycles. The van der Waals surface area contributed by atoms with Gasteiger partial charge in [-0.15, -0.1) is 0 Å². The van der Waals surface area contributed by atoms with Crippen molar-refractivity contribution in [3.63, 3.8) is 0 Å². The van der Waals surface area contributed by atoms with E-state index in [0.717, 1.165) is 0 Å². The van der Waals surface area contributed by atoms with E-state index in [9.17, 15) is 48.3 Å². The van der Waals surface area contributed by atoms with Gasteiger partial charge in [-0.1, -0.05) is 90.4 Å². The number of phenolic OH excluding ortho intramolecular Hbond substituents is 1. The highest BCUT2D eigenvalue weighted by Crippen LogP contribution is 2.22. The Balaban J connectivity index is 1.84. The van der Waals surface area contributed by atoms with E-state index in [2.05, 4.69) is 31.9 Å². The molecular formula is C49H70N8O11. The van der Waals surface area contributed by atoms with Gasteiger partial charge >= 0.3 is 5.97 Å². The van der Waals surface area contributed by atoms with Crippen molar-refractivity contribution in [2.75, 3.05) is 6.54 Å². The smallest absolute Gasteiger partial charge is 0.329 e. The van der Waals surface area contributed by atoms with E-state index in [1.165, 1.54) is 24.0 Å². The van der Waals surface area contributed by atoms with Crippen molar-refractivity contribution in [2.24, 2.45) is 23.5 Å². The van der Waals surface area contributed by atoms with Gasteiger partial charge in [0.25, 0.3) is 0 Å². The van der Waals surface area contributed by atoms with E-state index in [4.69, 9.17) is 10.5 Å². The van der Waals surface area contributed by atoms with Crippen molar-refractivity contribution < 1.29 is 53.0 Å². The zero-order valence-electron chi connectivity index (χ0n) is 40.2. The van der Waals surface area contributed by atoms with E-state index in [0.29, 0.717) is 24.0 Å². The first kappa shape index (κ1) is 54.1. The Morgan fingerprint density at radius 2 is 1.38 bits per heavy atom. The molecule has 0 radical (unpaired) electrons. The number of hydrogen-bond acceptors (Lipinski definition) is 11. The zero-order valence-corrected chi connectivity index (χ0v) is 40.2. The normalized spacial score (nSPS) is 24.2. The minimum atomic E-state index is -1.71. The van der Waals surface area contributed by atoms with Crippen LogP contribution in [-0.4, -0.2) is 118 Å². The number of aromatic hydroxyl groups is 1. The number of rotatable bonds is 16. The van der Waals surface area contributed by atoms with Gasteiger partial charge in [-0.2, -0.15) is 0 Å². The largest absolute Gasteiger partial charge is 0.508 e. The Kier molecular flexibility index (Phi) is 20.3. The number of carbonyl (C=O) groups is 9. The maximum absolute atomic E-state index is 14.6. The molecule has 1 unspecified atom stereocenters. The molecule has 9 N–H and O–H groups in total. The molecule has 2 saturated heterocycles. The minimum absolute atomic E-state index is 0.0102. The monoisotopic (exact) mass is 947 g/mol. The number of esters is 1. The summed E-state index contributed by atoms with van der Waals surface area (Å²) in [7, 11) is 0. The average molecular weight is 947 g/mol. The van der Waals surface area contributed by atoms with Crippen LogP contribution in [-0.2, 0) is 60.7 Å². The number of amides is 8. The van der Waals surface area contributed by atoms with Crippen molar-refractivity contribution in [1.29, 1.82) is 0 Å². The van der Waals surface area contributed by atoms with Gasteiger partial charge in [-0.3, -0.25) is 38.4 Å². The summed E-state index contributed by atoms with van der Waals surface area (Å²) in [6.07, 6.45) is -0.943. The summed E-state index contributed by atoms with van der Waals surface area (Å²) in [4.78, 5) is 127. The summed E-state index contributed by atoms with van der Waals surface area (Å²) < 4.78 is 5.94. The maximum atomic E-state index is 14.6. The molecule has 0 aromatic heterocycles. The molecule has 0 aliphatic carbocycles. The first-order valence-corrected chi connectivity index (χ1v) is 23.6. The van der Waals surface area contributed by atoms with Crippen LogP contribution in [0, 0.1) is 17.8 Å². The third-order valence-corrected chi connectivity index (χ3v) is 12.1. The standard InChI is InChI=1S/C49H70N8O11/c1-8-29(6)41-49(67)68-30(7)42(56-43(61)34(20-21-39(50)59)51-40(60)24-28(4)5)47(65)54-37(23-27(2)3)48(66)57-22-12-15-38(57)46(64)53-35(25-31-13-10-9-11-14-31)44(62)52-36(45(63)55-41)26-32-16-18-33(58)19-17-32/h9-11,13-14,16-19,27-30,34-38,41-42,58H,8,12,15,20-26H2,1-7H3,(H2,50,59)(H,51,60)(H,52,62)(H,53,64)(H,54,65)(H,55,63)(H,56,61)/t29?,30-,34+,35+,36+,37+,38-,41+,42+/m1/s1. The number of cyclic esters (lactones) is 1. The van der Waals surface area contributed by atoms with Crippen LogP contribution in [0.1, 0.15) is 105 Å². The van der Waals surface area contributed by atoms with Crippen LogP contribution in [0.4, 0.5) is 0 Å². The van der Waals surface area contributed by atoms with Crippen LogP contribution in [0.25, 0.3) is 0 Å². The summed E-state index contributed by atoms with van der Waals surface area (Å²) in [5.41, 5.74) is 6.64. The van der Waals surface area contributed by atoms with Crippen molar-refractivity contribution in [2.45, 2.75) is 155 Å². The van der Waals surface area contributed by atoms with Crippen LogP contribution in [0.3, 0.4) is 0 Å². The molecule has 0 saturated carbocycles. The highest BCUT2D eigenvalue weighted by Gasteiger charge is 2.42. The predicted octanol–water partition coefficient (Wildman–Crippen LogP) is 1.43. The summed E-state index contributed by atoms with van der Waals surface area (Å²) >= 11 is 0. The maximum Gasteiger partial charge on any atom is 0.329 e. The Bertz CT molecular complexity index is 2100. The second kappa shape index (κ2) is 25.6. The Morgan fingerprint density at radius 1 is 0.794 bits per heavy atom. The van der Waals surface area contributed by atoms with Gasteiger partial charge in [0.05, 0.1) is 0 Å². The molecule has 19 heteroatoms. The zero-order chi connectivity index (χ0) is 50.2. The number of nitrogens with two attached hydrogens (primary N) is 1. The van der Waals surface area contributed by atoms with E-state index in [-0.39, 0.29) is 69.1 Å². The van der Waals surface area contributed by atoms with Gasteiger partial charge in [-0.05, 0) is 73.6 Å². The number of hydrogen-bond donors (Lipinski definition) is 8. The number of primary amides is 1. The third-order valence-electron chi connectivity index (χ3n) is 12.1. The number of nitrogens with one attached hydrogen (secondary N) is 6. The lowest BCUT2D eigenvalue weighted by atomic mass is 9.97. The molecule has 2 aliphatic heterocycles. The van der Waals surface area contributed by atoms with Crippen LogP contribution in [0.15, 0.2) is 54.6 Å². The number of carbonyl (C=O) groups excluding carboxylic acids is 9. The SMILES string of the molecule is CCC(C)[C@@H]1NC(=O)[C@H](Cc2ccc(O)cc2)NC(=O)[C@H](Cc2ccccc2)NC(=O)[C@H]2CCCN2C(=O)[C@H](CC(C)C)NC(=O)[C@@H](NC(=O)[C@H](CCC(N)=O)NC(=O)CC(C)C)[C@@H](C)OC1=O. The van der Waals surface area contributed by atoms with Gasteiger partial charge in [-0.25, -0.2) is 4.79 Å². The molecular weight excluding hydrogens is 877 g/mol. The molecule has 68 heavy (non-hydrogen) atoms. The topological polar surface area (TPSA) is 285 Å². The van der Waals surface area contributed by atoms with Gasteiger partial charge < -0.3 is 52.4 Å². The minimum Gasteiger partial charge on any atom is -0.508 e. The molecule has 0 bridgehead atoms. The van der Waals surface area contributed by atoms with Crippen molar-refractivity contribution in [1.82, 2.24) is 36.8 Å². The van der Waals surface area contributed by atoms with Gasteiger partial charge in [0.2, 0.25) is 47.3 Å². The van der Waals surface area contributed by atoms with E-state index < -0.39 is 108 Å². The summed E-state index contributed by atoms with van der Waals surface area (Å²) in [6.45, 7) is 12.2. The molecule has 0 spiro atoms. The van der Waals surface area contributed by atoms with Crippen molar-refractivity contribution in [3.05, 3.63) is 65.7 Å². The fourth-order valence-corrected chi connectivity index (χ4v) is 8.21. The Morgan fingerprint density at radius 3 is 1.97 bits per heavy atom. The van der Waals surface area contributed by atoms with Crippen LogP contribution in [0.5, 0.6) is 5.75 Å². The summed E-state index contributed by atoms with van der Waals surface area (Å²) in [5.74, 6) is -7.68.